The molecule has 154 valence electrons. The summed E-state index contributed by atoms with van der Waals surface area (Å²) in [6, 6.07) is 11.3. The second kappa shape index (κ2) is 7.58. The molecule has 0 atom stereocenters. The lowest BCUT2D eigenvalue weighted by molar-refractivity contribution is -0.184. The summed E-state index contributed by atoms with van der Waals surface area (Å²) in [5.74, 6) is -0.585. The van der Waals surface area contributed by atoms with E-state index < -0.39 is 17.1 Å². The number of aryl methyl sites for hydroxylation is 1. The average molecular weight is 415 g/mol. The number of halogens is 1. The molecular formula is C24H27ClO4. The molecule has 0 unspecified atom stereocenters. The fourth-order valence-corrected chi connectivity index (χ4v) is 4.41. The lowest BCUT2D eigenvalue weighted by Gasteiger charge is -2.43. The molecule has 1 fully saturated rings. The fraction of sp³-hybridized carbons (Fsp3) is 0.417. The molecule has 5 heteroatoms. The Morgan fingerprint density at radius 2 is 1.66 bits per heavy atom. The lowest BCUT2D eigenvalue weighted by atomic mass is 9.73. The largest absolute Gasteiger partial charge is 0.496 e. The van der Waals surface area contributed by atoms with Gasteiger partial charge in [-0.05, 0) is 62.9 Å². The van der Waals surface area contributed by atoms with Crippen LogP contribution in [-0.4, -0.2) is 29.9 Å². The number of benzene rings is 2. The molecule has 0 aromatic heterocycles. The van der Waals surface area contributed by atoms with Crippen LogP contribution < -0.4 is 4.74 Å². The Hall–Kier alpha value is -2.17. The number of ketones is 2. The first-order chi connectivity index (χ1) is 13.5. The van der Waals surface area contributed by atoms with Crippen molar-refractivity contribution in [1.82, 2.24) is 0 Å². The van der Waals surface area contributed by atoms with Crippen LogP contribution in [0.2, 0.25) is 5.02 Å². The monoisotopic (exact) mass is 414 g/mol. The topological polar surface area (TPSA) is 52.6 Å². The van der Waals surface area contributed by atoms with Crippen molar-refractivity contribution in [3.05, 3.63) is 52.5 Å². The first-order valence-corrected chi connectivity index (χ1v) is 10.2. The molecule has 0 saturated carbocycles. The third-order valence-electron chi connectivity index (χ3n) is 5.54. The second-order valence-electron chi connectivity index (χ2n) is 8.37. The van der Waals surface area contributed by atoms with Crippen molar-refractivity contribution in [2.24, 2.45) is 0 Å². The van der Waals surface area contributed by atoms with Crippen LogP contribution in [0.4, 0.5) is 0 Å². The molecule has 0 N–H and O–H groups in total. The van der Waals surface area contributed by atoms with Crippen LogP contribution in [0.25, 0.3) is 11.1 Å². The molecule has 1 heterocycles. The van der Waals surface area contributed by atoms with Crippen molar-refractivity contribution in [3.8, 4) is 16.9 Å². The highest BCUT2D eigenvalue weighted by molar-refractivity contribution is 6.33. The van der Waals surface area contributed by atoms with Gasteiger partial charge in [0, 0.05) is 5.56 Å². The zero-order valence-electron chi connectivity index (χ0n) is 17.8. The quantitative estimate of drug-likeness (QED) is 0.629. The second-order valence-corrected chi connectivity index (χ2v) is 8.78. The minimum atomic E-state index is -1.03. The van der Waals surface area contributed by atoms with Gasteiger partial charge < -0.3 is 9.47 Å². The van der Waals surface area contributed by atoms with Crippen LogP contribution in [-0.2, 0) is 20.7 Å². The standard InChI is InChI=1S/C24H27ClO4/c1-7-14-13-15(19-17(25)9-8-10-18(19)28-6)11-12-16(14)20-21(26)23(2,3)29-24(4,5)22(20)27/h8-13,20H,7H2,1-6H3. The maximum Gasteiger partial charge on any atom is 0.179 e. The molecule has 4 nitrogen and oxygen atoms in total. The summed E-state index contributed by atoms with van der Waals surface area (Å²) in [5.41, 5.74) is 1.29. The predicted molar refractivity (Wildman–Crippen MR) is 115 cm³/mol. The highest BCUT2D eigenvalue weighted by atomic mass is 35.5. The third kappa shape index (κ3) is 3.72. The summed E-state index contributed by atoms with van der Waals surface area (Å²) < 4.78 is 11.3. The first-order valence-electron chi connectivity index (χ1n) is 9.78. The number of rotatable bonds is 4. The zero-order chi connectivity index (χ0) is 21.6. The van der Waals surface area contributed by atoms with Gasteiger partial charge in [0.15, 0.2) is 11.6 Å². The van der Waals surface area contributed by atoms with Gasteiger partial charge in [-0.25, -0.2) is 0 Å². The summed E-state index contributed by atoms with van der Waals surface area (Å²) >= 11 is 6.44. The number of Topliss-reactive ketones (excluding diaryl/α,β-unsaturated/α-hetero) is 2. The predicted octanol–water partition coefficient (Wildman–Crippen LogP) is 5.39. The van der Waals surface area contributed by atoms with Gasteiger partial charge in [0.2, 0.25) is 0 Å². The van der Waals surface area contributed by atoms with Crippen LogP contribution in [0.1, 0.15) is 51.7 Å². The highest BCUT2D eigenvalue weighted by Gasteiger charge is 2.53. The Morgan fingerprint density at radius 1 is 1.03 bits per heavy atom. The maximum absolute atomic E-state index is 13.1. The number of ether oxygens (including phenoxy) is 2. The molecule has 0 radical (unpaired) electrons. The summed E-state index contributed by atoms with van der Waals surface area (Å²) in [6.45, 7) is 8.92. The van der Waals surface area contributed by atoms with E-state index in [1.54, 1.807) is 34.8 Å². The lowest BCUT2D eigenvalue weighted by Crippen LogP contribution is -2.58. The molecule has 1 aliphatic rings. The molecule has 29 heavy (non-hydrogen) atoms. The van der Waals surface area contributed by atoms with Crippen molar-refractivity contribution >= 4 is 23.2 Å². The number of hydrogen-bond donors (Lipinski definition) is 0. The van der Waals surface area contributed by atoms with Gasteiger partial charge >= 0.3 is 0 Å². The van der Waals surface area contributed by atoms with Gasteiger partial charge in [-0.3, -0.25) is 9.59 Å². The summed E-state index contributed by atoms with van der Waals surface area (Å²) in [7, 11) is 1.60. The number of carbonyl (C=O) groups is 2. The number of carbonyl (C=O) groups excluding carboxylic acids is 2. The number of hydrogen-bond acceptors (Lipinski definition) is 4. The molecule has 0 amide bonds. The van der Waals surface area contributed by atoms with Gasteiger partial charge in [0.25, 0.3) is 0 Å². The van der Waals surface area contributed by atoms with Crippen LogP contribution >= 0.6 is 11.6 Å². The number of methoxy groups -OCH3 is 1. The molecule has 2 aromatic rings. The Kier molecular flexibility index (Phi) is 5.63. The van der Waals surface area contributed by atoms with Crippen LogP contribution in [0.5, 0.6) is 5.75 Å². The Labute approximate surface area is 177 Å². The molecular weight excluding hydrogens is 388 g/mol. The van der Waals surface area contributed by atoms with Gasteiger partial charge in [0.1, 0.15) is 22.9 Å². The third-order valence-corrected chi connectivity index (χ3v) is 5.86. The van der Waals surface area contributed by atoms with Crippen molar-refractivity contribution < 1.29 is 19.1 Å². The highest BCUT2D eigenvalue weighted by Crippen LogP contribution is 2.42. The van der Waals surface area contributed by atoms with E-state index in [0.717, 1.165) is 22.3 Å². The average Bonchev–Trinajstić information content (AvgIpc) is 2.66. The van der Waals surface area contributed by atoms with Gasteiger partial charge in [-0.15, -0.1) is 0 Å². The van der Waals surface area contributed by atoms with Crippen molar-refractivity contribution in [3.63, 3.8) is 0 Å². The maximum atomic E-state index is 13.1. The Bertz CT molecular complexity index is 949. The first kappa shape index (κ1) is 21.5. The minimum absolute atomic E-state index is 0.209. The van der Waals surface area contributed by atoms with E-state index in [9.17, 15) is 9.59 Å². The minimum Gasteiger partial charge on any atom is -0.496 e. The Balaban J connectivity index is 2.16. The van der Waals surface area contributed by atoms with Crippen molar-refractivity contribution in [2.75, 3.05) is 7.11 Å². The normalized spacial score (nSPS) is 18.7. The van der Waals surface area contributed by atoms with Crippen molar-refractivity contribution in [2.45, 2.75) is 58.2 Å². The molecule has 3 rings (SSSR count). The van der Waals surface area contributed by atoms with Gasteiger partial charge in [-0.2, -0.15) is 0 Å². The van der Waals surface area contributed by atoms with E-state index in [4.69, 9.17) is 21.1 Å². The summed E-state index contributed by atoms with van der Waals surface area (Å²) in [6.07, 6.45) is 0.675. The van der Waals surface area contributed by atoms with Crippen LogP contribution in [0.3, 0.4) is 0 Å². The van der Waals surface area contributed by atoms with Crippen LogP contribution in [0, 0.1) is 0 Å². The molecule has 1 saturated heterocycles. The van der Waals surface area contributed by atoms with E-state index in [1.165, 1.54) is 0 Å². The fourth-order valence-electron chi connectivity index (χ4n) is 4.14. The van der Waals surface area contributed by atoms with E-state index in [0.29, 0.717) is 17.2 Å². The Morgan fingerprint density at radius 3 is 2.21 bits per heavy atom. The zero-order valence-corrected chi connectivity index (χ0v) is 18.5. The van der Waals surface area contributed by atoms with E-state index in [1.807, 2.05) is 43.3 Å². The summed E-state index contributed by atoms with van der Waals surface area (Å²) in [5, 5.41) is 0.583. The van der Waals surface area contributed by atoms with Gasteiger partial charge in [-0.1, -0.05) is 42.8 Å². The van der Waals surface area contributed by atoms with Crippen molar-refractivity contribution in [1.29, 1.82) is 0 Å². The van der Waals surface area contributed by atoms with Gasteiger partial charge in [0.05, 0.1) is 12.1 Å². The van der Waals surface area contributed by atoms with Crippen LogP contribution in [0.15, 0.2) is 36.4 Å². The molecule has 0 spiro atoms. The molecule has 2 aromatic carbocycles. The molecule has 1 aliphatic heterocycles. The molecule has 0 bridgehead atoms. The van der Waals surface area contributed by atoms with E-state index >= 15 is 0 Å². The SMILES string of the molecule is CCc1cc(-c2c(Cl)cccc2OC)ccc1C1C(=O)C(C)(C)OC(C)(C)C1=O. The van der Waals surface area contributed by atoms with E-state index in [-0.39, 0.29) is 11.6 Å². The smallest absolute Gasteiger partial charge is 0.179 e. The van der Waals surface area contributed by atoms with E-state index in [2.05, 4.69) is 0 Å². The molecule has 0 aliphatic carbocycles. The summed E-state index contributed by atoms with van der Waals surface area (Å²) in [4.78, 5) is 26.3.